The number of pyridine rings is 1. The maximum absolute atomic E-state index is 13.5. The van der Waals surface area contributed by atoms with E-state index in [9.17, 15) is 8.42 Å². The van der Waals surface area contributed by atoms with Crippen LogP contribution in [-0.2, 0) is 10.0 Å². The number of sulfonamides is 1. The number of fused-ring (bicyclic) bond motifs is 1. The molecule has 0 radical (unpaired) electrons. The number of nitrogens with zero attached hydrogens (tertiary/aromatic N) is 2. The summed E-state index contributed by atoms with van der Waals surface area (Å²) in [4.78, 5) is 4.56. The Morgan fingerprint density at radius 1 is 1.29 bits per heavy atom. The minimum atomic E-state index is -3.59. The molecule has 1 aliphatic heterocycles. The van der Waals surface area contributed by atoms with Gasteiger partial charge in [-0.25, -0.2) is 8.42 Å². The van der Waals surface area contributed by atoms with E-state index in [2.05, 4.69) is 24.1 Å². The summed E-state index contributed by atoms with van der Waals surface area (Å²) in [5.74, 6) is 0. The van der Waals surface area contributed by atoms with Crippen LogP contribution in [0.5, 0.6) is 0 Å². The van der Waals surface area contributed by atoms with Gasteiger partial charge in [0.1, 0.15) is 0 Å². The number of benzene rings is 1. The summed E-state index contributed by atoms with van der Waals surface area (Å²) in [6, 6.07) is 5.32. The lowest BCUT2D eigenvalue weighted by Crippen LogP contribution is -2.44. The average Bonchev–Trinajstić information content (AvgIpc) is 2.65. The van der Waals surface area contributed by atoms with Crippen molar-refractivity contribution in [2.75, 3.05) is 19.6 Å². The first-order valence-electron chi connectivity index (χ1n) is 8.28. The van der Waals surface area contributed by atoms with Gasteiger partial charge in [0.2, 0.25) is 10.0 Å². The summed E-state index contributed by atoms with van der Waals surface area (Å²) in [6.45, 7) is 10.0. The minimum Gasteiger partial charge on any atom is -0.315 e. The van der Waals surface area contributed by atoms with Crippen LogP contribution in [0.4, 0.5) is 0 Å². The zero-order valence-corrected chi connectivity index (χ0v) is 15.5. The number of aryl methyl sites for hydroxylation is 1. The van der Waals surface area contributed by atoms with Crippen molar-refractivity contribution in [2.24, 2.45) is 5.41 Å². The standard InChI is InChI=1S/C18H25N3O2S/c1-13-8-19-10-15-6-5-7-16(17(13)15)24(22,23)21-12-18(3,4)11-20-9-14(21)2/h5-8,10,14,20H,9,11-12H2,1-4H3. The molecule has 0 aliphatic carbocycles. The maximum Gasteiger partial charge on any atom is 0.244 e. The molecule has 0 saturated carbocycles. The van der Waals surface area contributed by atoms with Gasteiger partial charge in [0.25, 0.3) is 0 Å². The average molecular weight is 347 g/mol. The normalized spacial score (nSPS) is 22.4. The van der Waals surface area contributed by atoms with Crippen molar-refractivity contribution in [3.63, 3.8) is 0 Å². The van der Waals surface area contributed by atoms with Gasteiger partial charge < -0.3 is 5.32 Å². The Labute approximate surface area is 144 Å². The molecular weight excluding hydrogens is 322 g/mol. The molecule has 130 valence electrons. The van der Waals surface area contributed by atoms with E-state index < -0.39 is 10.0 Å². The fourth-order valence-electron chi connectivity index (χ4n) is 3.39. The molecule has 1 atom stereocenters. The summed E-state index contributed by atoms with van der Waals surface area (Å²) in [6.07, 6.45) is 3.44. The van der Waals surface area contributed by atoms with E-state index in [0.717, 1.165) is 22.9 Å². The van der Waals surface area contributed by atoms with Crippen LogP contribution in [0.3, 0.4) is 0 Å². The number of nitrogens with one attached hydrogen (secondary N) is 1. The number of hydrogen-bond acceptors (Lipinski definition) is 4. The first-order chi connectivity index (χ1) is 11.2. The third-order valence-electron chi connectivity index (χ3n) is 4.64. The predicted molar refractivity (Wildman–Crippen MR) is 96.5 cm³/mol. The fourth-order valence-corrected chi connectivity index (χ4v) is 5.50. The lowest BCUT2D eigenvalue weighted by molar-refractivity contribution is 0.261. The van der Waals surface area contributed by atoms with Crippen LogP contribution in [0, 0.1) is 12.3 Å². The molecular formula is C18H25N3O2S. The van der Waals surface area contributed by atoms with Crippen LogP contribution >= 0.6 is 0 Å². The second kappa shape index (κ2) is 6.10. The van der Waals surface area contributed by atoms with Crippen LogP contribution < -0.4 is 5.32 Å². The van der Waals surface area contributed by atoms with Gasteiger partial charge in [-0.2, -0.15) is 4.31 Å². The molecule has 1 aromatic carbocycles. The second-order valence-electron chi connectivity index (χ2n) is 7.51. The molecule has 6 heteroatoms. The van der Waals surface area contributed by atoms with E-state index in [1.54, 1.807) is 28.8 Å². The highest BCUT2D eigenvalue weighted by atomic mass is 32.2. The molecule has 1 saturated heterocycles. The van der Waals surface area contributed by atoms with Gasteiger partial charge >= 0.3 is 0 Å². The first kappa shape index (κ1) is 17.3. The maximum atomic E-state index is 13.5. The SMILES string of the molecule is Cc1cncc2cccc(S(=O)(=O)N3CC(C)(C)CNCC3C)c12. The van der Waals surface area contributed by atoms with Gasteiger partial charge in [-0.15, -0.1) is 0 Å². The summed E-state index contributed by atoms with van der Waals surface area (Å²) in [5.41, 5.74) is 0.769. The van der Waals surface area contributed by atoms with Gasteiger partial charge in [0.15, 0.2) is 0 Å². The highest BCUT2D eigenvalue weighted by Gasteiger charge is 2.37. The van der Waals surface area contributed by atoms with Crippen molar-refractivity contribution in [3.05, 3.63) is 36.2 Å². The van der Waals surface area contributed by atoms with Gasteiger partial charge in [-0.3, -0.25) is 4.98 Å². The zero-order chi connectivity index (χ0) is 17.5. The topological polar surface area (TPSA) is 62.3 Å². The van der Waals surface area contributed by atoms with E-state index in [1.807, 2.05) is 19.9 Å². The van der Waals surface area contributed by atoms with Crippen LogP contribution in [0.15, 0.2) is 35.5 Å². The van der Waals surface area contributed by atoms with Crippen molar-refractivity contribution in [1.82, 2.24) is 14.6 Å². The summed E-state index contributed by atoms with van der Waals surface area (Å²) in [5, 5.41) is 5.00. The van der Waals surface area contributed by atoms with Crippen LogP contribution in [0.25, 0.3) is 10.8 Å². The third-order valence-corrected chi connectivity index (χ3v) is 6.64. The molecule has 1 fully saturated rings. The van der Waals surface area contributed by atoms with Crippen molar-refractivity contribution in [1.29, 1.82) is 0 Å². The third kappa shape index (κ3) is 3.06. The Bertz CT molecular complexity index is 856. The van der Waals surface area contributed by atoms with Crippen LogP contribution in [0.1, 0.15) is 26.3 Å². The second-order valence-corrected chi connectivity index (χ2v) is 9.36. The quantitative estimate of drug-likeness (QED) is 0.907. The van der Waals surface area contributed by atoms with E-state index in [1.165, 1.54) is 0 Å². The lowest BCUT2D eigenvalue weighted by atomic mass is 9.94. The van der Waals surface area contributed by atoms with Gasteiger partial charge in [0, 0.05) is 48.8 Å². The predicted octanol–water partition coefficient (Wildman–Crippen LogP) is 2.55. The van der Waals surface area contributed by atoms with Crippen molar-refractivity contribution in [2.45, 2.75) is 38.6 Å². The Hall–Kier alpha value is -1.50. The first-order valence-corrected chi connectivity index (χ1v) is 9.72. The lowest BCUT2D eigenvalue weighted by Gasteiger charge is -2.31. The van der Waals surface area contributed by atoms with Crippen LogP contribution in [0.2, 0.25) is 0 Å². The molecule has 0 spiro atoms. The Morgan fingerprint density at radius 2 is 2.04 bits per heavy atom. The molecule has 1 aromatic heterocycles. The number of rotatable bonds is 2. The molecule has 0 amide bonds. The largest absolute Gasteiger partial charge is 0.315 e. The molecule has 0 bridgehead atoms. The molecule has 5 nitrogen and oxygen atoms in total. The fraction of sp³-hybridized carbons (Fsp3) is 0.500. The number of hydrogen-bond donors (Lipinski definition) is 1. The zero-order valence-electron chi connectivity index (χ0n) is 14.7. The number of aromatic nitrogens is 1. The Kier molecular flexibility index (Phi) is 4.40. The van der Waals surface area contributed by atoms with Gasteiger partial charge in [-0.1, -0.05) is 26.0 Å². The van der Waals surface area contributed by atoms with E-state index in [0.29, 0.717) is 18.0 Å². The molecule has 1 aliphatic rings. The molecule has 1 unspecified atom stereocenters. The smallest absolute Gasteiger partial charge is 0.244 e. The molecule has 2 heterocycles. The molecule has 1 N–H and O–H groups in total. The summed E-state index contributed by atoms with van der Waals surface area (Å²) < 4.78 is 28.6. The van der Waals surface area contributed by atoms with Crippen molar-refractivity contribution in [3.8, 4) is 0 Å². The monoisotopic (exact) mass is 347 g/mol. The van der Waals surface area contributed by atoms with E-state index in [4.69, 9.17) is 0 Å². The van der Waals surface area contributed by atoms with Crippen molar-refractivity contribution < 1.29 is 8.42 Å². The highest BCUT2D eigenvalue weighted by molar-refractivity contribution is 7.89. The molecule has 3 rings (SSSR count). The van der Waals surface area contributed by atoms with E-state index in [-0.39, 0.29) is 11.5 Å². The molecule has 2 aromatic rings. The van der Waals surface area contributed by atoms with Gasteiger partial charge in [0.05, 0.1) is 4.90 Å². The minimum absolute atomic E-state index is 0.0887. The Balaban J connectivity index is 2.17. The molecule has 24 heavy (non-hydrogen) atoms. The summed E-state index contributed by atoms with van der Waals surface area (Å²) >= 11 is 0. The Morgan fingerprint density at radius 3 is 2.79 bits per heavy atom. The van der Waals surface area contributed by atoms with Gasteiger partial charge in [-0.05, 0) is 30.9 Å². The van der Waals surface area contributed by atoms with Crippen LogP contribution in [-0.4, -0.2) is 43.4 Å². The summed E-state index contributed by atoms with van der Waals surface area (Å²) in [7, 11) is -3.59. The van der Waals surface area contributed by atoms with Crippen molar-refractivity contribution >= 4 is 20.8 Å². The van der Waals surface area contributed by atoms with E-state index >= 15 is 0 Å². The highest BCUT2D eigenvalue weighted by Crippen LogP contribution is 2.31.